The highest BCUT2D eigenvalue weighted by Gasteiger charge is 2.12. The largest absolute Gasteiger partial charge is 0.504 e. The molecule has 0 saturated heterocycles. The second-order valence-corrected chi connectivity index (χ2v) is 7.70. The molecule has 0 radical (unpaired) electrons. The molecule has 0 fully saturated rings. The van der Waals surface area contributed by atoms with Crippen LogP contribution in [0.25, 0.3) is 0 Å². The number of hydrogen-bond acceptors (Lipinski definition) is 5. The molecule has 0 aliphatic rings. The lowest BCUT2D eigenvalue weighted by Gasteiger charge is -2.12. The van der Waals surface area contributed by atoms with Gasteiger partial charge in [0, 0.05) is 17.7 Å². The van der Waals surface area contributed by atoms with E-state index in [0.29, 0.717) is 18.6 Å². The summed E-state index contributed by atoms with van der Waals surface area (Å²) in [5, 5.41) is 11.0. The summed E-state index contributed by atoms with van der Waals surface area (Å²) in [6, 6.07) is 28.8. The Morgan fingerprint density at radius 1 is 0.743 bits per heavy atom. The van der Waals surface area contributed by atoms with Gasteiger partial charge in [0.05, 0.1) is 6.26 Å². The van der Waals surface area contributed by atoms with Crippen LogP contribution in [0.1, 0.15) is 30.0 Å². The minimum absolute atomic E-state index is 0.139. The smallest absolute Gasteiger partial charge is 0.331 e. The van der Waals surface area contributed by atoms with Crippen LogP contribution in [-0.4, -0.2) is 11.1 Å². The lowest BCUT2D eigenvalue weighted by Crippen LogP contribution is -2.05. The number of allylic oxidation sites excluding steroid dienone is 2. The molecule has 5 nitrogen and oxygen atoms in total. The Balaban J connectivity index is 1.73. The summed E-state index contributed by atoms with van der Waals surface area (Å²) in [4.78, 5) is 12.4. The molecule has 3 rings (SSSR count). The molecule has 1 N–H and O–H groups in total. The molecule has 0 saturated carbocycles. The predicted molar refractivity (Wildman–Crippen MR) is 136 cm³/mol. The van der Waals surface area contributed by atoms with Crippen LogP contribution in [0.4, 0.5) is 0 Å². The maximum absolute atomic E-state index is 12.4. The molecule has 3 aromatic carbocycles. The molecule has 0 heterocycles. The lowest BCUT2D eigenvalue weighted by atomic mass is 10.1. The monoisotopic (exact) mass is 470 g/mol. The summed E-state index contributed by atoms with van der Waals surface area (Å²) in [7, 11) is 0. The second kappa shape index (κ2) is 14.1. The molecule has 0 aliphatic carbocycles. The van der Waals surface area contributed by atoms with Crippen LogP contribution in [0, 0.1) is 0 Å². The van der Waals surface area contributed by atoms with Gasteiger partial charge in [-0.25, -0.2) is 4.79 Å². The van der Waals surface area contributed by atoms with E-state index in [1.54, 1.807) is 6.08 Å². The normalized spacial score (nSPS) is 12.2. The molecule has 5 heteroatoms. The number of hydrogen-bond donors (Lipinski definition) is 1. The van der Waals surface area contributed by atoms with Crippen LogP contribution < -0.4 is 0 Å². The average Bonchev–Trinajstić information content (AvgIpc) is 2.91. The average molecular weight is 471 g/mol. The molecule has 180 valence electrons. The summed E-state index contributed by atoms with van der Waals surface area (Å²) >= 11 is 0. The molecule has 35 heavy (non-hydrogen) atoms. The van der Waals surface area contributed by atoms with E-state index < -0.39 is 5.97 Å². The van der Waals surface area contributed by atoms with E-state index in [1.807, 2.05) is 97.9 Å². The zero-order chi connectivity index (χ0) is 24.7. The minimum Gasteiger partial charge on any atom is -0.504 e. The number of carbonyl (C=O) groups excluding carboxylic acids is 1. The molecule has 0 bridgehead atoms. The van der Waals surface area contributed by atoms with Crippen molar-refractivity contribution in [3.05, 3.63) is 143 Å². The van der Waals surface area contributed by atoms with Crippen molar-refractivity contribution in [1.29, 1.82) is 0 Å². The molecule has 3 aromatic rings. The van der Waals surface area contributed by atoms with Crippen molar-refractivity contribution >= 4 is 5.97 Å². The summed E-state index contributed by atoms with van der Waals surface area (Å²) in [5.41, 5.74) is 3.25. The molecular formula is C30H30O5. The highest BCUT2D eigenvalue weighted by Crippen LogP contribution is 2.20. The quantitative estimate of drug-likeness (QED) is 0.137. The summed E-state index contributed by atoms with van der Waals surface area (Å²) < 4.78 is 16.9. The Labute approximate surface area is 206 Å². The van der Waals surface area contributed by atoms with Crippen LogP contribution in [0.15, 0.2) is 127 Å². The van der Waals surface area contributed by atoms with Gasteiger partial charge < -0.3 is 19.3 Å². The van der Waals surface area contributed by atoms with Crippen LogP contribution >= 0.6 is 0 Å². The summed E-state index contributed by atoms with van der Waals surface area (Å²) in [6.07, 6.45) is 4.73. The second-order valence-electron chi connectivity index (χ2n) is 7.70. The first-order chi connectivity index (χ1) is 17.2. The van der Waals surface area contributed by atoms with E-state index >= 15 is 0 Å². The van der Waals surface area contributed by atoms with Crippen LogP contribution in [0.2, 0.25) is 0 Å². The van der Waals surface area contributed by atoms with Gasteiger partial charge in [-0.3, -0.25) is 0 Å². The number of aliphatic hydroxyl groups excluding tert-OH is 1. The van der Waals surface area contributed by atoms with E-state index in [1.165, 1.54) is 12.3 Å². The van der Waals surface area contributed by atoms with Gasteiger partial charge >= 0.3 is 5.97 Å². The third-order valence-electron chi connectivity index (χ3n) is 5.08. The van der Waals surface area contributed by atoms with Gasteiger partial charge in [-0.05, 0) is 23.1 Å². The first-order valence-corrected chi connectivity index (χ1v) is 11.5. The van der Waals surface area contributed by atoms with Crippen molar-refractivity contribution in [2.75, 3.05) is 0 Å². The Morgan fingerprint density at radius 3 is 1.74 bits per heavy atom. The van der Waals surface area contributed by atoms with Crippen molar-refractivity contribution in [2.24, 2.45) is 0 Å². The van der Waals surface area contributed by atoms with Crippen LogP contribution in [0.5, 0.6) is 0 Å². The van der Waals surface area contributed by atoms with E-state index in [2.05, 4.69) is 0 Å². The predicted octanol–water partition coefficient (Wildman–Crippen LogP) is 6.78. The van der Waals surface area contributed by atoms with Crippen molar-refractivity contribution in [3.8, 4) is 0 Å². The first-order valence-electron chi connectivity index (χ1n) is 11.5. The SMILES string of the molecule is CCC(=C\C(=O)OCc1ccccc1)/C(O)=C(\C=C\OCc1ccccc1)OCc1ccccc1. The number of carbonyl (C=O) groups is 1. The summed E-state index contributed by atoms with van der Waals surface area (Å²) in [5.74, 6) is -0.477. The van der Waals surface area contributed by atoms with Gasteiger partial charge in [0.1, 0.15) is 19.8 Å². The molecule has 0 amide bonds. The lowest BCUT2D eigenvalue weighted by molar-refractivity contribution is -0.139. The maximum atomic E-state index is 12.4. The van der Waals surface area contributed by atoms with E-state index in [4.69, 9.17) is 14.2 Å². The fourth-order valence-electron chi connectivity index (χ4n) is 3.17. The van der Waals surface area contributed by atoms with Crippen molar-refractivity contribution < 1.29 is 24.1 Å². The minimum atomic E-state index is -0.538. The molecule has 0 spiro atoms. The van der Waals surface area contributed by atoms with E-state index in [9.17, 15) is 9.90 Å². The van der Waals surface area contributed by atoms with Crippen molar-refractivity contribution in [1.82, 2.24) is 0 Å². The van der Waals surface area contributed by atoms with E-state index in [0.717, 1.165) is 16.7 Å². The van der Waals surface area contributed by atoms with Crippen molar-refractivity contribution in [3.63, 3.8) is 0 Å². The number of benzene rings is 3. The highest BCUT2D eigenvalue weighted by atomic mass is 16.5. The molecule has 0 aromatic heterocycles. The number of rotatable bonds is 12. The third kappa shape index (κ3) is 8.89. The maximum Gasteiger partial charge on any atom is 0.331 e. The number of ether oxygens (including phenoxy) is 3. The van der Waals surface area contributed by atoms with Crippen molar-refractivity contribution in [2.45, 2.75) is 33.2 Å². The zero-order valence-corrected chi connectivity index (χ0v) is 19.8. The van der Waals surface area contributed by atoms with Crippen LogP contribution in [-0.2, 0) is 38.8 Å². The van der Waals surface area contributed by atoms with Gasteiger partial charge in [-0.2, -0.15) is 0 Å². The Hall–Kier alpha value is -4.25. The fourth-order valence-corrected chi connectivity index (χ4v) is 3.17. The Kier molecular flexibility index (Phi) is 10.2. The molecular weight excluding hydrogens is 440 g/mol. The van der Waals surface area contributed by atoms with Gasteiger partial charge in [0.25, 0.3) is 0 Å². The number of aliphatic hydroxyl groups is 1. The molecule has 0 aliphatic heterocycles. The Morgan fingerprint density at radius 2 is 1.23 bits per heavy atom. The zero-order valence-electron chi connectivity index (χ0n) is 19.8. The van der Waals surface area contributed by atoms with Gasteiger partial charge in [0.2, 0.25) is 0 Å². The third-order valence-corrected chi connectivity index (χ3v) is 5.08. The van der Waals surface area contributed by atoms with Crippen LogP contribution in [0.3, 0.4) is 0 Å². The highest BCUT2D eigenvalue weighted by molar-refractivity contribution is 5.83. The topological polar surface area (TPSA) is 65.0 Å². The molecule has 0 unspecified atom stereocenters. The number of esters is 1. The van der Waals surface area contributed by atoms with Gasteiger partial charge in [-0.15, -0.1) is 0 Å². The fraction of sp³-hybridized carbons (Fsp3) is 0.167. The van der Waals surface area contributed by atoms with E-state index in [-0.39, 0.29) is 24.7 Å². The van der Waals surface area contributed by atoms with Gasteiger partial charge in [0.15, 0.2) is 11.5 Å². The Bertz CT molecular complexity index is 1130. The summed E-state index contributed by atoms with van der Waals surface area (Å²) in [6.45, 7) is 2.63. The van der Waals surface area contributed by atoms with Gasteiger partial charge in [-0.1, -0.05) is 97.9 Å². The molecule has 0 atom stereocenters. The first kappa shape index (κ1) is 25.4. The standard InChI is InChI=1S/C30H30O5/c1-2-27(20-29(31)35-23-26-16-10-5-11-17-26)30(32)28(34-22-25-14-8-4-9-15-25)18-19-33-21-24-12-6-3-7-13-24/h3-20,32H,2,21-23H2,1H3/b19-18+,27-20+,30-28-.